The highest BCUT2D eigenvalue weighted by Crippen LogP contribution is 2.26. The largest absolute Gasteiger partial charge is 0.347 e. The van der Waals surface area contributed by atoms with E-state index in [0.717, 1.165) is 21.1 Å². The fourth-order valence-electron chi connectivity index (χ4n) is 2.39. The van der Waals surface area contributed by atoms with Crippen LogP contribution in [0.1, 0.15) is 27.2 Å². The van der Waals surface area contributed by atoms with Gasteiger partial charge in [-0.2, -0.15) is 11.3 Å². The summed E-state index contributed by atoms with van der Waals surface area (Å²) in [5.74, 6) is -0.235. The Morgan fingerprint density at radius 3 is 2.88 bits per heavy atom. The number of amides is 1. The van der Waals surface area contributed by atoms with Crippen molar-refractivity contribution in [3.05, 3.63) is 66.9 Å². The summed E-state index contributed by atoms with van der Waals surface area (Å²) in [4.78, 5) is 33.5. The predicted molar refractivity (Wildman–Crippen MR) is 99.0 cm³/mol. The van der Waals surface area contributed by atoms with Crippen LogP contribution in [-0.2, 0) is 17.8 Å². The lowest BCUT2D eigenvalue weighted by molar-refractivity contribution is -0.122. The Bertz CT molecular complexity index is 895. The molecule has 0 radical (unpaired) electrons. The third-order valence-corrected chi connectivity index (χ3v) is 5.71. The Hall–Kier alpha value is -2.32. The lowest BCUT2D eigenvalue weighted by Crippen LogP contribution is -2.35. The number of nitrogens with one attached hydrogen (secondary N) is 1. The molecule has 1 unspecified atom stereocenters. The Labute approximate surface area is 153 Å². The number of thiazole rings is 1. The molecule has 3 rings (SSSR count). The zero-order valence-electron chi connectivity index (χ0n) is 13.9. The highest BCUT2D eigenvalue weighted by Gasteiger charge is 2.20. The van der Waals surface area contributed by atoms with E-state index in [1.165, 1.54) is 10.8 Å². The van der Waals surface area contributed by atoms with Crippen molar-refractivity contribution in [2.24, 2.45) is 0 Å². The molecule has 0 aromatic carbocycles. The van der Waals surface area contributed by atoms with E-state index in [2.05, 4.69) is 20.7 Å². The molecule has 3 aromatic rings. The van der Waals surface area contributed by atoms with E-state index in [1.807, 2.05) is 25.3 Å². The molecule has 1 amide bonds. The molecule has 25 heavy (non-hydrogen) atoms. The molecule has 130 valence electrons. The quantitative estimate of drug-likeness (QED) is 0.719. The highest BCUT2D eigenvalue weighted by atomic mass is 32.1. The fourth-order valence-corrected chi connectivity index (χ4v) is 4.05. The smallest absolute Gasteiger partial charge is 0.345 e. The zero-order chi connectivity index (χ0) is 17.8. The van der Waals surface area contributed by atoms with Crippen molar-refractivity contribution in [1.29, 1.82) is 0 Å². The number of aryl methyl sites for hydroxylation is 2. The van der Waals surface area contributed by atoms with E-state index in [1.54, 1.807) is 34.9 Å². The number of rotatable bonds is 6. The van der Waals surface area contributed by atoms with Gasteiger partial charge in [0.15, 0.2) is 0 Å². The van der Waals surface area contributed by atoms with Gasteiger partial charge in [-0.05, 0) is 42.3 Å². The average molecular weight is 374 g/mol. The summed E-state index contributed by atoms with van der Waals surface area (Å²) in [5.41, 5.74) is 1.69. The van der Waals surface area contributed by atoms with Gasteiger partial charge in [0.25, 0.3) is 0 Å². The lowest BCUT2D eigenvalue weighted by atomic mass is 10.1. The second-order valence-corrected chi connectivity index (χ2v) is 7.69. The molecule has 0 saturated heterocycles. The Balaban J connectivity index is 1.78. The normalized spacial score (nSPS) is 12.1. The molecule has 1 atom stereocenters. The van der Waals surface area contributed by atoms with Gasteiger partial charge in [-0.15, -0.1) is 11.3 Å². The van der Waals surface area contributed by atoms with Crippen LogP contribution in [0.2, 0.25) is 0 Å². The van der Waals surface area contributed by atoms with Gasteiger partial charge in [-0.3, -0.25) is 9.36 Å². The van der Waals surface area contributed by atoms with Crippen LogP contribution in [0.4, 0.5) is 0 Å². The molecule has 6 nitrogen and oxygen atoms in total. The highest BCUT2D eigenvalue weighted by molar-refractivity contribution is 7.11. The van der Waals surface area contributed by atoms with Gasteiger partial charge < -0.3 is 5.32 Å². The molecule has 0 aliphatic carbocycles. The third-order valence-electron chi connectivity index (χ3n) is 3.80. The molecule has 0 saturated carbocycles. The van der Waals surface area contributed by atoms with Crippen molar-refractivity contribution in [3.8, 4) is 0 Å². The number of nitrogens with zero attached hydrogens (tertiary/aromatic N) is 3. The third kappa shape index (κ3) is 4.40. The van der Waals surface area contributed by atoms with Crippen LogP contribution < -0.4 is 11.0 Å². The van der Waals surface area contributed by atoms with Crippen molar-refractivity contribution < 1.29 is 4.79 Å². The van der Waals surface area contributed by atoms with Crippen molar-refractivity contribution >= 4 is 28.6 Å². The first-order chi connectivity index (χ1) is 12.0. The minimum Gasteiger partial charge on any atom is -0.345 e. The molecular formula is C17H18N4O2S2. The summed E-state index contributed by atoms with van der Waals surface area (Å²) in [6, 6.07) is 3.46. The average Bonchev–Trinajstić information content (AvgIpc) is 3.19. The minimum absolute atomic E-state index is 0.0594. The molecule has 1 N–H and O–H groups in total. The standard InChI is InChI=1S/C17H18N4O2S2/c1-11-12(2)25-16(19-11)14(8-13-4-7-24-10-13)20-15(22)9-21-6-3-5-18-17(21)23/h3-7,10,14H,8-9H2,1-2H3,(H,20,22). The number of carbonyl (C=O) groups excluding carboxylic acids is 1. The van der Waals surface area contributed by atoms with E-state index in [-0.39, 0.29) is 18.5 Å². The maximum absolute atomic E-state index is 12.4. The topological polar surface area (TPSA) is 76.9 Å². The summed E-state index contributed by atoms with van der Waals surface area (Å²) in [5, 5.41) is 7.98. The van der Waals surface area contributed by atoms with E-state index in [0.29, 0.717) is 6.42 Å². The number of hydrogen-bond acceptors (Lipinski definition) is 6. The maximum Gasteiger partial charge on any atom is 0.347 e. The lowest BCUT2D eigenvalue weighted by Gasteiger charge is -2.16. The molecule has 0 fully saturated rings. The van der Waals surface area contributed by atoms with Crippen LogP contribution in [0.15, 0.2) is 40.1 Å². The number of thiophene rings is 1. The number of aromatic nitrogens is 3. The number of hydrogen-bond donors (Lipinski definition) is 1. The van der Waals surface area contributed by atoms with Crippen LogP contribution >= 0.6 is 22.7 Å². The monoisotopic (exact) mass is 374 g/mol. The number of carbonyl (C=O) groups is 1. The molecule has 0 aliphatic heterocycles. The summed E-state index contributed by atoms with van der Waals surface area (Å²) >= 11 is 3.22. The SMILES string of the molecule is Cc1nc(C(Cc2ccsc2)NC(=O)Cn2cccnc2=O)sc1C. The first-order valence-corrected chi connectivity index (χ1v) is 9.54. The van der Waals surface area contributed by atoms with Crippen LogP contribution in [0.3, 0.4) is 0 Å². The molecule has 3 heterocycles. The van der Waals surface area contributed by atoms with Gasteiger partial charge in [-0.1, -0.05) is 0 Å². The Morgan fingerprint density at radius 2 is 2.24 bits per heavy atom. The molecule has 8 heteroatoms. The molecule has 0 spiro atoms. The molecule has 0 aliphatic rings. The van der Waals surface area contributed by atoms with E-state index < -0.39 is 5.69 Å². The van der Waals surface area contributed by atoms with Gasteiger partial charge in [0.2, 0.25) is 5.91 Å². The van der Waals surface area contributed by atoms with Gasteiger partial charge in [0.05, 0.1) is 11.7 Å². The minimum atomic E-state index is -0.437. The first kappa shape index (κ1) is 17.5. The van der Waals surface area contributed by atoms with Gasteiger partial charge in [0, 0.05) is 23.7 Å². The van der Waals surface area contributed by atoms with Crippen LogP contribution in [-0.4, -0.2) is 20.4 Å². The Kier molecular flexibility index (Phi) is 5.40. The van der Waals surface area contributed by atoms with Crippen molar-refractivity contribution in [1.82, 2.24) is 19.9 Å². The summed E-state index contributed by atoms with van der Waals surface area (Å²) in [7, 11) is 0. The van der Waals surface area contributed by atoms with Crippen LogP contribution in [0.25, 0.3) is 0 Å². The second-order valence-electron chi connectivity index (χ2n) is 5.68. The van der Waals surface area contributed by atoms with Crippen molar-refractivity contribution in [2.45, 2.75) is 32.9 Å². The van der Waals surface area contributed by atoms with Crippen LogP contribution in [0.5, 0.6) is 0 Å². The Morgan fingerprint density at radius 1 is 1.40 bits per heavy atom. The molecule has 0 bridgehead atoms. The fraction of sp³-hybridized carbons (Fsp3) is 0.294. The maximum atomic E-state index is 12.4. The predicted octanol–water partition coefficient (Wildman–Crippen LogP) is 2.48. The van der Waals surface area contributed by atoms with Crippen molar-refractivity contribution in [3.63, 3.8) is 0 Å². The van der Waals surface area contributed by atoms with Crippen LogP contribution in [0, 0.1) is 13.8 Å². The van der Waals surface area contributed by atoms with Gasteiger partial charge in [-0.25, -0.2) is 14.8 Å². The van der Waals surface area contributed by atoms with Gasteiger partial charge >= 0.3 is 5.69 Å². The van der Waals surface area contributed by atoms with E-state index in [9.17, 15) is 9.59 Å². The second kappa shape index (κ2) is 7.71. The summed E-state index contributed by atoms with van der Waals surface area (Å²) in [6.07, 6.45) is 3.64. The summed E-state index contributed by atoms with van der Waals surface area (Å²) < 4.78 is 1.29. The van der Waals surface area contributed by atoms with E-state index >= 15 is 0 Å². The van der Waals surface area contributed by atoms with E-state index in [4.69, 9.17) is 0 Å². The summed E-state index contributed by atoms with van der Waals surface area (Å²) in [6.45, 7) is 3.93. The molecular weight excluding hydrogens is 356 g/mol. The zero-order valence-corrected chi connectivity index (χ0v) is 15.6. The first-order valence-electron chi connectivity index (χ1n) is 7.79. The molecule has 3 aromatic heterocycles. The van der Waals surface area contributed by atoms with Crippen molar-refractivity contribution in [2.75, 3.05) is 0 Å². The van der Waals surface area contributed by atoms with Gasteiger partial charge in [0.1, 0.15) is 11.6 Å².